The van der Waals surface area contributed by atoms with Crippen LogP contribution in [0.1, 0.15) is 36.5 Å². The highest BCUT2D eigenvalue weighted by molar-refractivity contribution is 5.57. The molecule has 2 aromatic rings. The van der Waals surface area contributed by atoms with Crippen molar-refractivity contribution < 1.29 is 24.1 Å². The van der Waals surface area contributed by atoms with Gasteiger partial charge in [-0.15, -0.1) is 0 Å². The minimum Gasteiger partial charge on any atom is -0.485 e. The van der Waals surface area contributed by atoms with Crippen LogP contribution in [0.2, 0.25) is 0 Å². The second-order valence-electron chi connectivity index (χ2n) is 7.32. The Hall–Kier alpha value is -2.73. The topological polar surface area (TPSA) is 68.2 Å². The van der Waals surface area contributed by atoms with Gasteiger partial charge in [-0.25, -0.2) is 4.79 Å². The second kappa shape index (κ2) is 8.52. The molecule has 2 aromatic carbocycles. The molecule has 6 heteroatoms. The number of likely N-dealkylation sites (tertiary alicyclic amines) is 1. The molecule has 0 bridgehead atoms. The fraction of sp³-hybridized carbons (Fsp3) is 0.409. The summed E-state index contributed by atoms with van der Waals surface area (Å²) in [5.74, 6) is 1.58. The number of fused-ring (bicyclic) bond motifs is 1. The Morgan fingerprint density at radius 1 is 1.07 bits per heavy atom. The van der Waals surface area contributed by atoms with Crippen molar-refractivity contribution in [2.45, 2.75) is 38.0 Å². The van der Waals surface area contributed by atoms with Crippen molar-refractivity contribution in [3.63, 3.8) is 0 Å². The van der Waals surface area contributed by atoms with E-state index in [9.17, 15) is 4.79 Å². The molecule has 148 valence electrons. The number of carboxylic acid groups (broad SMARTS) is 1. The van der Waals surface area contributed by atoms with E-state index < -0.39 is 6.16 Å². The third-order valence-corrected chi connectivity index (χ3v) is 5.30. The van der Waals surface area contributed by atoms with Crippen molar-refractivity contribution in [2.75, 3.05) is 19.7 Å². The Labute approximate surface area is 164 Å². The maximum Gasteiger partial charge on any atom is 0.506 e. The van der Waals surface area contributed by atoms with Gasteiger partial charge in [-0.05, 0) is 49.1 Å². The molecule has 0 amide bonds. The van der Waals surface area contributed by atoms with Gasteiger partial charge in [0, 0.05) is 13.1 Å². The Morgan fingerprint density at radius 2 is 1.86 bits per heavy atom. The van der Waals surface area contributed by atoms with Gasteiger partial charge in [0.15, 0.2) is 17.6 Å². The quantitative estimate of drug-likeness (QED) is 0.796. The maximum atomic E-state index is 10.7. The Morgan fingerprint density at radius 3 is 2.64 bits per heavy atom. The molecular weight excluding hydrogens is 358 g/mol. The molecule has 0 saturated carbocycles. The maximum absolute atomic E-state index is 10.7. The normalized spacial score (nSPS) is 22.3. The lowest BCUT2D eigenvalue weighted by Gasteiger charge is -2.27. The van der Waals surface area contributed by atoms with Crippen LogP contribution in [0.4, 0.5) is 4.79 Å². The zero-order chi connectivity index (χ0) is 19.3. The molecule has 0 spiro atoms. The van der Waals surface area contributed by atoms with Crippen LogP contribution < -0.4 is 9.47 Å². The molecule has 4 rings (SSSR count). The van der Waals surface area contributed by atoms with E-state index >= 15 is 0 Å². The van der Waals surface area contributed by atoms with Crippen molar-refractivity contribution in [2.24, 2.45) is 0 Å². The molecule has 1 fully saturated rings. The van der Waals surface area contributed by atoms with Crippen LogP contribution in [0.5, 0.6) is 11.5 Å². The molecule has 28 heavy (non-hydrogen) atoms. The third-order valence-electron chi connectivity index (χ3n) is 5.30. The summed E-state index contributed by atoms with van der Waals surface area (Å²) in [6.07, 6.45) is 1.03. The molecule has 2 aliphatic heterocycles. The van der Waals surface area contributed by atoms with Crippen molar-refractivity contribution in [3.8, 4) is 11.5 Å². The summed E-state index contributed by atoms with van der Waals surface area (Å²) in [5, 5.41) is 8.79. The summed E-state index contributed by atoms with van der Waals surface area (Å²) in [6, 6.07) is 16.2. The minimum atomic E-state index is -1.18. The number of nitrogens with zero attached hydrogens (tertiary/aromatic N) is 1. The number of ether oxygens (including phenoxy) is 3. The molecule has 2 aliphatic rings. The summed E-state index contributed by atoms with van der Waals surface area (Å²) in [5.41, 5.74) is 2.34. The molecule has 0 aromatic heterocycles. The van der Waals surface area contributed by atoms with Crippen molar-refractivity contribution in [3.05, 3.63) is 59.7 Å². The number of para-hydroxylation sites is 2. The fourth-order valence-electron chi connectivity index (χ4n) is 3.82. The first-order valence-corrected chi connectivity index (χ1v) is 9.76. The van der Waals surface area contributed by atoms with Crippen molar-refractivity contribution >= 4 is 6.16 Å². The van der Waals surface area contributed by atoms with Gasteiger partial charge in [0.25, 0.3) is 0 Å². The highest BCUT2D eigenvalue weighted by Crippen LogP contribution is 2.35. The predicted octanol–water partition coefficient (Wildman–Crippen LogP) is 4.25. The van der Waals surface area contributed by atoms with Crippen LogP contribution in [0.25, 0.3) is 0 Å². The number of carbonyl (C=O) groups is 1. The lowest BCUT2D eigenvalue weighted by molar-refractivity contribution is 0.0455. The van der Waals surface area contributed by atoms with E-state index in [2.05, 4.69) is 29.2 Å². The largest absolute Gasteiger partial charge is 0.506 e. The van der Waals surface area contributed by atoms with Gasteiger partial charge in [0.1, 0.15) is 12.7 Å². The van der Waals surface area contributed by atoms with Gasteiger partial charge in [0.2, 0.25) is 0 Å². The van der Waals surface area contributed by atoms with Crippen LogP contribution in [0.3, 0.4) is 0 Å². The van der Waals surface area contributed by atoms with E-state index in [1.807, 2.05) is 24.3 Å². The number of hydrogen-bond donors (Lipinski definition) is 1. The zero-order valence-corrected chi connectivity index (χ0v) is 15.8. The van der Waals surface area contributed by atoms with Crippen molar-refractivity contribution in [1.29, 1.82) is 0 Å². The first-order valence-electron chi connectivity index (χ1n) is 9.76. The van der Waals surface area contributed by atoms with E-state index in [0.717, 1.165) is 56.0 Å². The molecule has 1 unspecified atom stereocenters. The molecular formula is C22H25NO5. The lowest BCUT2D eigenvalue weighted by atomic mass is 10.1. The van der Waals surface area contributed by atoms with E-state index in [-0.39, 0.29) is 12.2 Å². The Bertz CT molecular complexity index is 807. The van der Waals surface area contributed by atoms with Crippen LogP contribution >= 0.6 is 0 Å². The van der Waals surface area contributed by atoms with Gasteiger partial charge in [0.05, 0.1) is 0 Å². The van der Waals surface area contributed by atoms with E-state index in [1.165, 1.54) is 5.56 Å². The van der Waals surface area contributed by atoms with Gasteiger partial charge >= 0.3 is 6.16 Å². The summed E-state index contributed by atoms with van der Waals surface area (Å²) in [7, 11) is 0. The van der Waals surface area contributed by atoms with E-state index in [4.69, 9.17) is 19.3 Å². The Balaban J connectivity index is 1.33. The lowest BCUT2D eigenvalue weighted by Crippen LogP contribution is -2.25. The SMILES string of the molecule is O=C(O)OC1CCCN(Cc2ccc([C@H]3COc4ccccc4O3)cc2)CC1. The van der Waals surface area contributed by atoms with Gasteiger partial charge in [-0.2, -0.15) is 0 Å². The minimum absolute atomic E-state index is 0.101. The zero-order valence-electron chi connectivity index (χ0n) is 15.8. The summed E-state index contributed by atoms with van der Waals surface area (Å²) >= 11 is 0. The fourth-order valence-corrected chi connectivity index (χ4v) is 3.82. The van der Waals surface area contributed by atoms with Gasteiger partial charge < -0.3 is 19.3 Å². The standard InChI is InChI=1S/C22H25NO5/c24-22(25)27-18-4-3-12-23(13-11-18)14-16-7-9-17(10-8-16)21-15-26-19-5-1-2-6-20(19)28-21/h1-2,5-10,18,21H,3-4,11-15H2,(H,24,25)/t18?,21-/m1/s1. The Kier molecular flexibility index (Phi) is 5.67. The van der Waals surface area contributed by atoms with Crippen LogP contribution in [0.15, 0.2) is 48.5 Å². The summed E-state index contributed by atoms with van der Waals surface area (Å²) in [6.45, 7) is 3.16. The molecule has 2 atom stereocenters. The van der Waals surface area contributed by atoms with E-state index in [0.29, 0.717) is 6.61 Å². The molecule has 6 nitrogen and oxygen atoms in total. The van der Waals surface area contributed by atoms with Crippen molar-refractivity contribution in [1.82, 2.24) is 4.90 Å². The number of rotatable bonds is 4. The molecule has 0 radical (unpaired) electrons. The first-order chi connectivity index (χ1) is 13.7. The molecule has 1 saturated heterocycles. The smallest absolute Gasteiger partial charge is 0.485 e. The monoisotopic (exact) mass is 383 g/mol. The summed E-state index contributed by atoms with van der Waals surface area (Å²) in [4.78, 5) is 13.1. The molecule has 2 heterocycles. The molecule has 0 aliphatic carbocycles. The number of benzene rings is 2. The average Bonchev–Trinajstić information content (AvgIpc) is 2.93. The van der Waals surface area contributed by atoms with Crippen LogP contribution in [-0.2, 0) is 11.3 Å². The average molecular weight is 383 g/mol. The predicted molar refractivity (Wildman–Crippen MR) is 104 cm³/mol. The van der Waals surface area contributed by atoms with Crippen LogP contribution in [0, 0.1) is 0 Å². The van der Waals surface area contributed by atoms with E-state index in [1.54, 1.807) is 0 Å². The third kappa shape index (κ3) is 4.57. The van der Waals surface area contributed by atoms with Gasteiger partial charge in [-0.3, -0.25) is 4.90 Å². The van der Waals surface area contributed by atoms with Crippen LogP contribution in [-0.4, -0.2) is 42.0 Å². The summed E-state index contributed by atoms with van der Waals surface area (Å²) < 4.78 is 16.8. The molecule has 1 N–H and O–H groups in total. The first kappa shape index (κ1) is 18.6. The highest BCUT2D eigenvalue weighted by Gasteiger charge is 2.23. The second-order valence-corrected chi connectivity index (χ2v) is 7.32. The number of hydrogen-bond acceptors (Lipinski definition) is 5. The van der Waals surface area contributed by atoms with Gasteiger partial charge in [-0.1, -0.05) is 36.4 Å². The highest BCUT2D eigenvalue weighted by atomic mass is 16.7.